The lowest BCUT2D eigenvalue weighted by Gasteiger charge is -2.11. The van der Waals surface area contributed by atoms with Gasteiger partial charge in [-0.15, -0.1) is 0 Å². The molecule has 0 bridgehead atoms. The highest BCUT2D eigenvalue weighted by molar-refractivity contribution is 7.89. The molecule has 106 valence electrons. The summed E-state index contributed by atoms with van der Waals surface area (Å²) in [5, 5.41) is 2.07. The van der Waals surface area contributed by atoms with Crippen molar-refractivity contribution < 1.29 is 13.2 Å². The van der Waals surface area contributed by atoms with E-state index in [2.05, 4.69) is 22.7 Å². The molecule has 1 aromatic rings. The molecule has 0 aliphatic carbocycles. The summed E-state index contributed by atoms with van der Waals surface area (Å²) in [7, 11) is -1.95. The Morgan fingerprint density at radius 1 is 1.32 bits per heavy atom. The molecule has 5 nitrogen and oxygen atoms in total. The highest BCUT2D eigenvalue weighted by Gasteiger charge is 2.15. The second-order valence-corrected chi connectivity index (χ2v) is 6.69. The van der Waals surface area contributed by atoms with Crippen molar-refractivity contribution in [3.63, 3.8) is 0 Å². The average molecular weight is 302 g/mol. The van der Waals surface area contributed by atoms with Crippen molar-refractivity contribution in [2.24, 2.45) is 0 Å². The SMILES string of the molecule is CNS(=O)(=O)CCNC(=O)C(S)Cc1ccccc1. The number of sulfonamides is 1. The molecule has 1 atom stereocenters. The first kappa shape index (κ1) is 16.0. The molecular weight excluding hydrogens is 284 g/mol. The van der Waals surface area contributed by atoms with Gasteiger partial charge in [0.1, 0.15) is 0 Å². The predicted molar refractivity (Wildman–Crippen MR) is 78.8 cm³/mol. The molecule has 1 amide bonds. The van der Waals surface area contributed by atoms with Gasteiger partial charge in [0.05, 0.1) is 11.0 Å². The normalized spacial score (nSPS) is 12.9. The zero-order chi connectivity index (χ0) is 14.3. The molecular formula is C12H18N2O3S2. The van der Waals surface area contributed by atoms with Gasteiger partial charge in [-0.1, -0.05) is 30.3 Å². The van der Waals surface area contributed by atoms with Crippen LogP contribution in [0.15, 0.2) is 30.3 Å². The molecule has 0 aromatic heterocycles. The summed E-state index contributed by atoms with van der Waals surface area (Å²) in [4.78, 5) is 11.7. The third kappa shape index (κ3) is 6.09. The van der Waals surface area contributed by atoms with E-state index < -0.39 is 15.3 Å². The number of rotatable bonds is 7. The first-order chi connectivity index (χ1) is 8.94. The van der Waals surface area contributed by atoms with Gasteiger partial charge in [0, 0.05) is 6.54 Å². The number of nitrogens with one attached hydrogen (secondary N) is 2. The van der Waals surface area contributed by atoms with Crippen molar-refractivity contribution in [3.8, 4) is 0 Å². The fourth-order valence-corrected chi connectivity index (χ4v) is 2.34. The number of thiol groups is 1. The number of carbonyl (C=O) groups excluding carboxylic acids is 1. The maximum absolute atomic E-state index is 11.7. The van der Waals surface area contributed by atoms with Crippen molar-refractivity contribution in [2.75, 3.05) is 19.3 Å². The molecule has 0 saturated carbocycles. The molecule has 7 heteroatoms. The largest absolute Gasteiger partial charge is 0.354 e. The lowest BCUT2D eigenvalue weighted by atomic mass is 10.1. The number of hydrogen-bond donors (Lipinski definition) is 3. The van der Waals surface area contributed by atoms with E-state index in [-0.39, 0.29) is 18.2 Å². The van der Waals surface area contributed by atoms with Crippen LogP contribution in [-0.4, -0.2) is 38.9 Å². The summed E-state index contributed by atoms with van der Waals surface area (Å²) in [6.45, 7) is 0.0772. The molecule has 19 heavy (non-hydrogen) atoms. The van der Waals surface area contributed by atoms with Gasteiger partial charge in [0.15, 0.2) is 0 Å². The third-order valence-electron chi connectivity index (χ3n) is 2.56. The van der Waals surface area contributed by atoms with E-state index >= 15 is 0 Å². The van der Waals surface area contributed by atoms with Crippen LogP contribution in [0.4, 0.5) is 0 Å². The second kappa shape index (κ2) is 7.52. The topological polar surface area (TPSA) is 75.3 Å². The van der Waals surface area contributed by atoms with Crippen molar-refractivity contribution >= 4 is 28.6 Å². The van der Waals surface area contributed by atoms with Crippen LogP contribution in [0.2, 0.25) is 0 Å². The zero-order valence-corrected chi connectivity index (χ0v) is 12.4. The van der Waals surface area contributed by atoms with Crippen LogP contribution < -0.4 is 10.0 Å². The van der Waals surface area contributed by atoms with Crippen LogP contribution >= 0.6 is 12.6 Å². The average Bonchev–Trinajstić information content (AvgIpc) is 2.39. The zero-order valence-electron chi connectivity index (χ0n) is 10.7. The van der Waals surface area contributed by atoms with E-state index in [0.29, 0.717) is 6.42 Å². The van der Waals surface area contributed by atoms with Crippen LogP contribution in [0.1, 0.15) is 5.56 Å². The summed E-state index contributed by atoms with van der Waals surface area (Å²) in [5.74, 6) is -0.403. The Morgan fingerprint density at radius 3 is 2.53 bits per heavy atom. The van der Waals surface area contributed by atoms with E-state index in [1.54, 1.807) is 0 Å². The Hall–Kier alpha value is -1.05. The summed E-state index contributed by atoms with van der Waals surface area (Å²) < 4.78 is 24.5. The molecule has 1 aromatic carbocycles. The molecule has 0 radical (unpaired) electrons. The number of benzene rings is 1. The summed E-state index contributed by atoms with van der Waals surface area (Å²) in [5.41, 5.74) is 1.01. The van der Waals surface area contributed by atoms with Crippen molar-refractivity contribution in [2.45, 2.75) is 11.7 Å². The third-order valence-corrected chi connectivity index (χ3v) is 4.34. The maximum atomic E-state index is 11.7. The Kier molecular flexibility index (Phi) is 6.33. The first-order valence-corrected chi connectivity index (χ1v) is 8.02. The van der Waals surface area contributed by atoms with Gasteiger partial charge in [-0.3, -0.25) is 4.79 Å². The van der Waals surface area contributed by atoms with Crippen LogP contribution in [0.3, 0.4) is 0 Å². The van der Waals surface area contributed by atoms with Crippen LogP contribution in [-0.2, 0) is 21.2 Å². The van der Waals surface area contributed by atoms with Crippen LogP contribution in [0.5, 0.6) is 0 Å². The molecule has 0 aliphatic rings. The highest BCUT2D eigenvalue weighted by Crippen LogP contribution is 2.07. The van der Waals surface area contributed by atoms with E-state index in [0.717, 1.165) is 5.56 Å². The fourth-order valence-electron chi connectivity index (χ4n) is 1.46. The van der Waals surface area contributed by atoms with Gasteiger partial charge in [0.2, 0.25) is 15.9 Å². The van der Waals surface area contributed by atoms with Gasteiger partial charge < -0.3 is 5.32 Å². The monoisotopic (exact) mass is 302 g/mol. The summed E-state index contributed by atoms with van der Waals surface area (Å²) in [6.07, 6.45) is 0.508. The standard InChI is InChI=1S/C12H18N2O3S2/c1-13-19(16,17)8-7-14-12(15)11(18)9-10-5-3-2-4-6-10/h2-6,11,13,18H,7-9H2,1H3,(H,14,15). The number of carbonyl (C=O) groups is 1. The summed E-state index contributed by atoms with van der Waals surface area (Å²) in [6, 6.07) is 9.53. The number of hydrogen-bond acceptors (Lipinski definition) is 4. The van der Waals surface area contributed by atoms with Crippen molar-refractivity contribution in [1.29, 1.82) is 0 Å². The fraction of sp³-hybridized carbons (Fsp3) is 0.417. The molecule has 0 saturated heterocycles. The van der Waals surface area contributed by atoms with Gasteiger partial charge in [-0.05, 0) is 19.0 Å². The lowest BCUT2D eigenvalue weighted by Crippen LogP contribution is -2.37. The maximum Gasteiger partial charge on any atom is 0.233 e. The Bertz CT molecular complexity index is 503. The summed E-state index contributed by atoms with van der Waals surface area (Å²) >= 11 is 4.23. The number of amides is 1. The molecule has 0 aliphatic heterocycles. The Morgan fingerprint density at radius 2 is 1.95 bits per heavy atom. The Balaban J connectivity index is 2.37. The van der Waals surface area contributed by atoms with Gasteiger partial charge in [-0.25, -0.2) is 13.1 Å². The van der Waals surface area contributed by atoms with E-state index in [1.807, 2.05) is 30.3 Å². The van der Waals surface area contributed by atoms with Gasteiger partial charge in [-0.2, -0.15) is 12.6 Å². The smallest absolute Gasteiger partial charge is 0.233 e. The minimum Gasteiger partial charge on any atom is -0.354 e. The highest BCUT2D eigenvalue weighted by atomic mass is 32.2. The molecule has 0 fully saturated rings. The molecule has 0 heterocycles. The van der Waals surface area contributed by atoms with E-state index in [9.17, 15) is 13.2 Å². The molecule has 1 rings (SSSR count). The quantitative estimate of drug-likeness (QED) is 0.630. The van der Waals surface area contributed by atoms with Crippen LogP contribution in [0.25, 0.3) is 0 Å². The Labute approximate surface area is 119 Å². The van der Waals surface area contributed by atoms with Crippen LogP contribution in [0, 0.1) is 0 Å². The first-order valence-electron chi connectivity index (χ1n) is 5.85. The van der Waals surface area contributed by atoms with Gasteiger partial charge in [0.25, 0.3) is 0 Å². The second-order valence-electron chi connectivity index (χ2n) is 4.02. The van der Waals surface area contributed by atoms with E-state index in [4.69, 9.17) is 0 Å². The lowest BCUT2D eigenvalue weighted by molar-refractivity contribution is -0.120. The van der Waals surface area contributed by atoms with Gasteiger partial charge >= 0.3 is 0 Å². The molecule has 1 unspecified atom stereocenters. The van der Waals surface area contributed by atoms with Crippen molar-refractivity contribution in [3.05, 3.63) is 35.9 Å². The predicted octanol–water partition coefficient (Wildman–Crippen LogP) is 0.193. The molecule has 2 N–H and O–H groups in total. The molecule has 0 spiro atoms. The van der Waals surface area contributed by atoms with E-state index in [1.165, 1.54) is 7.05 Å². The minimum absolute atomic E-state index is 0.0772. The minimum atomic E-state index is -3.29. The van der Waals surface area contributed by atoms with Crippen molar-refractivity contribution in [1.82, 2.24) is 10.0 Å².